The second-order valence-electron chi connectivity index (χ2n) is 4.92. The van der Waals surface area contributed by atoms with E-state index in [2.05, 4.69) is 41.2 Å². The Labute approximate surface area is 132 Å². The number of rotatable bonds is 5. The molecule has 1 nitrogen and oxygen atoms in total. The molecule has 2 rings (SSSR count). The Hall–Kier alpha value is -0.710. The lowest BCUT2D eigenvalue weighted by Gasteiger charge is -2.19. The minimum Gasteiger partial charge on any atom is -0.306 e. The number of hydrogen-bond acceptors (Lipinski definition) is 2. The van der Waals surface area contributed by atoms with E-state index in [1.807, 2.05) is 25.1 Å². The zero-order chi connectivity index (χ0) is 14.7. The van der Waals surface area contributed by atoms with E-state index in [1.165, 1.54) is 4.88 Å². The molecule has 0 aliphatic rings. The normalized spacial score (nSPS) is 12.7. The molecule has 0 spiro atoms. The van der Waals surface area contributed by atoms with E-state index in [0.29, 0.717) is 5.56 Å². The van der Waals surface area contributed by atoms with Gasteiger partial charge in [-0.15, -0.1) is 11.3 Å². The van der Waals surface area contributed by atoms with Crippen LogP contribution in [0, 0.1) is 19.7 Å². The van der Waals surface area contributed by atoms with Crippen molar-refractivity contribution in [2.24, 2.45) is 0 Å². The monoisotopic (exact) mass is 355 g/mol. The molecule has 1 aromatic heterocycles. The van der Waals surface area contributed by atoms with Gasteiger partial charge in [-0.2, -0.15) is 0 Å². The summed E-state index contributed by atoms with van der Waals surface area (Å²) in [5, 5.41) is 3.46. The van der Waals surface area contributed by atoms with Crippen LogP contribution in [0.1, 0.15) is 40.3 Å². The Kier molecular flexibility index (Phi) is 5.35. The van der Waals surface area contributed by atoms with Gasteiger partial charge in [-0.25, -0.2) is 4.39 Å². The van der Waals surface area contributed by atoms with E-state index >= 15 is 0 Å². The maximum atomic E-state index is 14.4. The molecule has 108 valence electrons. The summed E-state index contributed by atoms with van der Waals surface area (Å²) >= 11 is 5.25. The third-order valence-corrected chi connectivity index (χ3v) is 5.49. The first-order chi connectivity index (χ1) is 9.54. The average Bonchev–Trinajstić information content (AvgIpc) is 2.74. The first kappa shape index (κ1) is 15.7. The number of thiophene rings is 1. The van der Waals surface area contributed by atoms with Crippen LogP contribution in [0.5, 0.6) is 0 Å². The lowest BCUT2D eigenvalue weighted by molar-refractivity contribution is 0.546. The lowest BCUT2D eigenvalue weighted by Crippen LogP contribution is -2.23. The highest BCUT2D eigenvalue weighted by molar-refractivity contribution is 9.10. The molecule has 0 saturated carbocycles. The van der Waals surface area contributed by atoms with Crippen molar-refractivity contribution < 1.29 is 4.39 Å². The van der Waals surface area contributed by atoms with Crippen LogP contribution in [0.3, 0.4) is 0 Å². The van der Waals surface area contributed by atoms with Crippen molar-refractivity contribution >= 4 is 27.3 Å². The zero-order valence-electron chi connectivity index (χ0n) is 12.0. The minimum absolute atomic E-state index is 0.0788. The summed E-state index contributed by atoms with van der Waals surface area (Å²) in [4.78, 5) is 2.36. The van der Waals surface area contributed by atoms with Crippen molar-refractivity contribution in [2.75, 3.05) is 6.54 Å². The molecule has 0 aliphatic heterocycles. The number of benzene rings is 1. The molecule has 0 saturated heterocycles. The van der Waals surface area contributed by atoms with Crippen molar-refractivity contribution in [3.05, 3.63) is 55.4 Å². The molecule has 0 aliphatic carbocycles. The van der Waals surface area contributed by atoms with Crippen LogP contribution in [-0.4, -0.2) is 6.54 Å². The summed E-state index contributed by atoms with van der Waals surface area (Å²) in [5.41, 5.74) is 1.42. The van der Waals surface area contributed by atoms with Gasteiger partial charge >= 0.3 is 0 Å². The molecule has 20 heavy (non-hydrogen) atoms. The van der Waals surface area contributed by atoms with Gasteiger partial charge in [0.2, 0.25) is 0 Å². The third kappa shape index (κ3) is 3.30. The van der Waals surface area contributed by atoms with Crippen LogP contribution in [0.25, 0.3) is 0 Å². The second-order valence-corrected chi connectivity index (χ2v) is 7.06. The van der Waals surface area contributed by atoms with E-state index in [-0.39, 0.29) is 11.9 Å². The highest BCUT2D eigenvalue weighted by Crippen LogP contribution is 2.35. The largest absolute Gasteiger partial charge is 0.306 e. The number of halogens is 2. The molecule has 0 amide bonds. The molecule has 1 heterocycles. The predicted molar refractivity (Wildman–Crippen MR) is 88.0 cm³/mol. The minimum atomic E-state index is -0.108. The van der Waals surface area contributed by atoms with Gasteiger partial charge in [-0.05, 0) is 54.4 Å². The van der Waals surface area contributed by atoms with Crippen molar-refractivity contribution in [1.82, 2.24) is 5.32 Å². The molecule has 1 N–H and O–H groups in total. The number of nitrogens with one attached hydrogen (secondary N) is 1. The predicted octanol–water partition coefficient (Wildman–Crippen LogP) is 5.36. The molecule has 2 aromatic rings. The molecule has 1 unspecified atom stereocenters. The van der Waals surface area contributed by atoms with E-state index in [0.717, 1.165) is 27.9 Å². The van der Waals surface area contributed by atoms with Gasteiger partial charge in [0.15, 0.2) is 0 Å². The smallest absolute Gasteiger partial charge is 0.131 e. The van der Waals surface area contributed by atoms with Crippen LogP contribution in [0.15, 0.2) is 28.7 Å². The van der Waals surface area contributed by atoms with Crippen LogP contribution < -0.4 is 5.32 Å². The first-order valence-corrected chi connectivity index (χ1v) is 8.39. The average molecular weight is 356 g/mol. The summed E-state index contributed by atoms with van der Waals surface area (Å²) in [6.45, 7) is 6.87. The van der Waals surface area contributed by atoms with Gasteiger partial charge in [-0.1, -0.05) is 25.1 Å². The molecule has 0 fully saturated rings. The van der Waals surface area contributed by atoms with Gasteiger partial charge in [0.1, 0.15) is 5.82 Å². The molecule has 0 radical (unpaired) electrons. The highest BCUT2D eigenvalue weighted by atomic mass is 79.9. The quantitative estimate of drug-likeness (QED) is 0.761. The van der Waals surface area contributed by atoms with Crippen molar-refractivity contribution in [3.63, 3.8) is 0 Å². The van der Waals surface area contributed by atoms with Gasteiger partial charge in [0, 0.05) is 19.8 Å². The molecular formula is C16H19BrFNS. The Bertz CT molecular complexity index is 575. The number of hydrogen-bond donors (Lipinski definition) is 1. The van der Waals surface area contributed by atoms with Crippen LogP contribution in [0.2, 0.25) is 0 Å². The highest BCUT2D eigenvalue weighted by Gasteiger charge is 2.20. The Balaban J connectivity index is 2.44. The van der Waals surface area contributed by atoms with Crippen molar-refractivity contribution in [1.29, 1.82) is 0 Å². The van der Waals surface area contributed by atoms with Gasteiger partial charge in [0.25, 0.3) is 0 Å². The molecule has 0 bridgehead atoms. The van der Waals surface area contributed by atoms with E-state index in [1.54, 1.807) is 11.3 Å². The number of aryl methyl sites for hydroxylation is 2. The van der Waals surface area contributed by atoms with Crippen LogP contribution >= 0.6 is 27.3 Å². The standard InChI is InChI=1S/C16H19BrFNS/c1-4-8-19-16(14-9-13(17)11(3)20-14)12-7-5-6-10(2)15(12)18/h5-7,9,16,19H,4,8H2,1-3H3. The lowest BCUT2D eigenvalue weighted by atomic mass is 10.0. The van der Waals surface area contributed by atoms with Crippen LogP contribution in [-0.2, 0) is 0 Å². The summed E-state index contributed by atoms with van der Waals surface area (Å²) < 4.78 is 15.5. The molecule has 4 heteroatoms. The Morgan fingerprint density at radius 1 is 1.35 bits per heavy atom. The van der Waals surface area contributed by atoms with Crippen molar-refractivity contribution in [2.45, 2.75) is 33.2 Å². The fourth-order valence-corrected chi connectivity index (χ4v) is 3.83. The molecule has 1 atom stereocenters. The SMILES string of the molecule is CCCNC(c1cc(Br)c(C)s1)c1cccc(C)c1F. The summed E-state index contributed by atoms with van der Waals surface area (Å²) in [6, 6.07) is 7.62. The molecule has 1 aromatic carbocycles. The second kappa shape index (κ2) is 6.83. The Morgan fingerprint density at radius 2 is 2.10 bits per heavy atom. The van der Waals surface area contributed by atoms with Gasteiger partial charge < -0.3 is 5.32 Å². The van der Waals surface area contributed by atoms with E-state index in [4.69, 9.17) is 0 Å². The fourth-order valence-electron chi connectivity index (χ4n) is 2.17. The fraction of sp³-hybridized carbons (Fsp3) is 0.375. The third-order valence-electron chi connectivity index (χ3n) is 3.29. The maximum absolute atomic E-state index is 14.4. The summed E-state index contributed by atoms with van der Waals surface area (Å²) in [7, 11) is 0. The van der Waals surface area contributed by atoms with Crippen LogP contribution in [0.4, 0.5) is 4.39 Å². The molecular weight excluding hydrogens is 337 g/mol. The summed E-state index contributed by atoms with van der Waals surface area (Å²) in [6.07, 6.45) is 1.02. The topological polar surface area (TPSA) is 12.0 Å². The summed E-state index contributed by atoms with van der Waals surface area (Å²) in [5.74, 6) is -0.108. The Morgan fingerprint density at radius 3 is 2.70 bits per heavy atom. The van der Waals surface area contributed by atoms with Crippen molar-refractivity contribution in [3.8, 4) is 0 Å². The van der Waals surface area contributed by atoms with Gasteiger partial charge in [0.05, 0.1) is 6.04 Å². The van der Waals surface area contributed by atoms with Gasteiger partial charge in [-0.3, -0.25) is 0 Å². The zero-order valence-corrected chi connectivity index (χ0v) is 14.4. The maximum Gasteiger partial charge on any atom is 0.131 e. The first-order valence-electron chi connectivity index (χ1n) is 6.78. The van der Waals surface area contributed by atoms with E-state index in [9.17, 15) is 4.39 Å². The van der Waals surface area contributed by atoms with E-state index < -0.39 is 0 Å².